The van der Waals surface area contributed by atoms with E-state index >= 15 is 0 Å². The van der Waals surface area contributed by atoms with Crippen molar-refractivity contribution in [3.8, 4) is 0 Å². The summed E-state index contributed by atoms with van der Waals surface area (Å²) in [6.07, 6.45) is 1.86. The summed E-state index contributed by atoms with van der Waals surface area (Å²) in [4.78, 5) is 8.38. The number of hydrogen-bond donors (Lipinski definition) is 1. The molecule has 2 rings (SSSR count). The summed E-state index contributed by atoms with van der Waals surface area (Å²) in [6, 6.07) is 4.04. The fourth-order valence-electron chi connectivity index (χ4n) is 1.31. The highest BCUT2D eigenvalue weighted by Crippen LogP contribution is 1.99. The molecule has 0 aliphatic carbocycles. The van der Waals surface area contributed by atoms with Gasteiger partial charge in [-0.05, 0) is 25.5 Å². The average Bonchev–Trinajstić information content (AvgIpc) is 2.67. The quantitative estimate of drug-likeness (QED) is 0.839. The van der Waals surface area contributed by atoms with E-state index in [9.17, 15) is 0 Å². The van der Waals surface area contributed by atoms with Crippen LogP contribution < -0.4 is 5.32 Å². The van der Waals surface area contributed by atoms with E-state index < -0.39 is 0 Å². The molecule has 0 bridgehead atoms. The molecule has 0 unspecified atom stereocenters. The fourth-order valence-corrected chi connectivity index (χ4v) is 1.31. The maximum atomic E-state index is 4.98. The Morgan fingerprint density at radius 2 is 2.12 bits per heavy atom. The zero-order valence-corrected chi connectivity index (χ0v) is 9.40. The summed E-state index contributed by atoms with van der Waals surface area (Å²) in [7, 11) is 0. The molecule has 0 spiro atoms. The van der Waals surface area contributed by atoms with Crippen molar-refractivity contribution in [1.29, 1.82) is 0 Å². The van der Waals surface area contributed by atoms with Crippen LogP contribution in [0.25, 0.3) is 0 Å². The van der Waals surface area contributed by atoms with E-state index in [0.717, 1.165) is 11.3 Å². The molecule has 0 aliphatic heterocycles. The lowest BCUT2D eigenvalue weighted by Crippen LogP contribution is -2.13. The van der Waals surface area contributed by atoms with Gasteiger partial charge in [-0.15, -0.1) is 0 Å². The number of aryl methyl sites for hydroxylation is 2. The van der Waals surface area contributed by atoms with E-state index in [4.69, 9.17) is 4.52 Å². The Bertz CT molecular complexity index is 449. The molecule has 2 aromatic rings. The molecule has 1 N–H and O–H groups in total. The van der Waals surface area contributed by atoms with Crippen LogP contribution >= 0.6 is 0 Å². The number of aromatic nitrogens is 3. The summed E-state index contributed by atoms with van der Waals surface area (Å²) >= 11 is 0. The van der Waals surface area contributed by atoms with Gasteiger partial charge < -0.3 is 9.84 Å². The zero-order chi connectivity index (χ0) is 11.4. The van der Waals surface area contributed by atoms with Crippen molar-refractivity contribution in [2.45, 2.75) is 26.9 Å². The second-order valence-electron chi connectivity index (χ2n) is 3.67. The second-order valence-corrected chi connectivity index (χ2v) is 3.67. The molecule has 0 atom stereocenters. The monoisotopic (exact) mass is 218 g/mol. The number of rotatable bonds is 4. The molecule has 0 aliphatic rings. The highest BCUT2D eigenvalue weighted by atomic mass is 16.5. The van der Waals surface area contributed by atoms with Crippen LogP contribution in [0.5, 0.6) is 0 Å². The van der Waals surface area contributed by atoms with Crippen molar-refractivity contribution in [2.24, 2.45) is 0 Å². The third kappa shape index (κ3) is 2.87. The lowest BCUT2D eigenvalue weighted by atomic mass is 10.3. The molecule has 16 heavy (non-hydrogen) atoms. The Kier molecular flexibility index (Phi) is 3.26. The number of nitrogens with one attached hydrogen (secondary N) is 1. The molecule has 0 amide bonds. The third-order valence-electron chi connectivity index (χ3n) is 2.12. The summed E-state index contributed by atoms with van der Waals surface area (Å²) in [5.74, 6) is 1.26. The van der Waals surface area contributed by atoms with Gasteiger partial charge in [0.2, 0.25) is 5.89 Å². The first kappa shape index (κ1) is 10.8. The van der Waals surface area contributed by atoms with Crippen LogP contribution in [0.2, 0.25) is 0 Å². The Balaban J connectivity index is 1.82. The van der Waals surface area contributed by atoms with Crippen molar-refractivity contribution >= 4 is 0 Å². The van der Waals surface area contributed by atoms with Gasteiger partial charge in [0.05, 0.1) is 12.2 Å². The molecule has 5 nitrogen and oxygen atoms in total. The van der Waals surface area contributed by atoms with E-state index in [1.54, 1.807) is 6.92 Å². The van der Waals surface area contributed by atoms with Crippen LogP contribution in [0.3, 0.4) is 0 Å². The van der Waals surface area contributed by atoms with Gasteiger partial charge in [0, 0.05) is 12.7 Å². The minimum Gasteiger partial charge on any atom is -0.338 e. The van der Waals surface area contributed by atoms with Gasteiger partial charge in [0.15, 0.2) is 5.82 Å². The molecular weight excluding hydrogens is 204 g/mol. The van der Waals surface area contributed by atoms with Crippen LogP contribution in [0.1, 0.15) is 23.0 Å². The van der Waals surface area contributed by atoms with Crippen molar-refractivity contribution in [2.75, 3.05) is 0 Å². The molecular formula is C11H14N4O. The number of hydrogen-bond acceptors (Lipinski definition) is 5. The summed E-state index contributed by atoms with van der Waals surface area (Å²) in [6.45, 7) is 5.08. The van der Waals surface area contributed by atoms with Crippen LogP contribution in [-0.4, -0.2) is 15.1 Å². The van der Waals surface area contributed by atoms with Gasteiger partial charge in [-0.3, -0.25) is 4.98 Å². The molecule has 0 fully saturated rings. The van der Waals surface area contributed by atoms with E-state index in [-0.39, 0.29) is 0 Å². The summed E-state index contributed by atoms with van der Waals surface area (Å²) in [5.41, 5.74) is 2.16. The van der Waals surface area contributed by atoms with E-state index in [2.05, 4.69) is 20.4 Å². The van der Waals surface area contributed by atoms with Crippen molar-refractivity contribution < 1.29 is 4.52 Å². The van der Waals surface area contributed by atoms with E-state index in [0.29, 0.717) is 24.8 Å². The predicted molar refractivity (Wildman–Crippen MR) is 58.6 cm³/mol. The molecule has 5 heteroatoms. The lowest BCUT2D eigenvalue weighted by Gasteiger charge is -2.01. The minimum absolute atomic E-state index is 0.566. The van der Waals surface area contributed by atoms with Gasteiger partial charge in [-0.1, -0.05) is 11.2 Å². The summed E-state index contributed by atoms with van der Waals surface area (Å²) < 4.78 is 4.98. The number of pyridine rings is 1. The molecule has 0 saturated carbocycles. The second kappa shape index (κ2) is 4.85. The molecule has 0 saturated heterocycles. The zero-order valence-electron chi connectivity index (χ0n) is 9.40. The first-order chi connectivity index (χ1) is 7.74. The SMILES string of the molecule is Cc1ccc(CNCc2nc(C)no2)nc1. The predicted octanol–water partition coefficient (Wildman–Crippen LogP) is 1.37. The topological polar surface area (TPSA) is 63.8 Å². The van der Waals surface area contributed by atoms with Gasteiger partial charge >= 0.3 is 0 Å². The van der Waals surface area contributed by atoms with E-state index in [1.807, 2.05) is 25.3 Å². The molecule has 2 heterocycles. The fraction of sp³-hybridized carbons (Fsp3) is 0.364. The maximum Gasteiger partial charge on any atom is 0.240 e. The highest BCUT2D eigenvalue weighted by molar-refractivity contribution is 5.11. The summed E-state index contributed by atoms with van der Waals surface area (Å²) in [5, 5.41) is 6.90. The van der Waals surface area contributed by atoms with Crippen LogP contribution in [0.15, 0.2) is 22.9 Å². The Hall–Kier alpha value is -1.75. The van der Waals surface area contributed by atoms with E-state index in [1.165, 1.54) is 0 Å². The molecule has 84 valence electrons. The van der Waals surface area contributed by atoms with Crippen molar-refractivity contribution in [3.05, 3.63) is 41.3 Å². The van der Waals surface area contributed by atoms with Crippen molar-refractivity contribution in [1.82, 2.24) is 20.4 Å². The smallest absolute Gasteiger partial charge is 0.240 e. The Morgan fingerprint density at radius 3 is 2.75 bits per heavy atom. The normalized spacial score (nSPS) is 10.6. The van der Waals surface area contributed by atoms with Crippen LogP contribution in [0, 0.1) is 13.8 Å². The average molecular weight is 218 g/mol. The maximum absolute atomic E-state index is 4.98. The highest BCUT2D eigenvalue weighted by Gasteiger charge is 2.01. The molecule has 2 aromatic heterocycles. The standard InChI is InChI=1S/C11H14N4O/c1-8-3-4-10(13-5-8)6-12-7-11-14-9(2)15-16-11/h3-5,12H,6-7H2,1-2H3. The lowest BCUT2D eigenvalue weighted by molar-refractivity contribution is 0.364. The van der Waals surface area contributed by atoms with Gasteiger partial charge in [0.25, 0.3) is 0 Å². The van der Waals surface area contributed by atoms with Crippen LogP contribution in [-0.2, 0) is 13.1 Å². The molecule has 0 aromatic carbocycles. The first-order valence-electron chi connectivity index (χ1n) is 5.15. The van der Waals surface area contributed by atoms with Crippen LogP contribution in [0.4, 0.5) is 0 Å². The first-order valence-corrected chi connectivity index (χ1v) is 5.15. The van der Waals surface area contributed by atoms with Gasteiger partial charge in [-0.2, -0.15) is 4.98 Å². The number of nitrogens with zero attached hydrogens (tertiary/aromatic N) is 3. The largest absolute Gasteiger partial charge is 0.338 e. The van der Waals surface area contributed by atoms with Crippen molar-refractivity contribution in [3.63, 3.8) is 0 Å². The Labute approximate surface area is 93.9 Å². The van der Waals surface area contributed by atoms with Gasteiger partial charge in [0.1, 0.15) is 0 Å². The molecule has 0 radical (unpaired) electrons. The minimum atomic E-state index is 0.566. The Morgan fingerprint density at radius 1 is 1.25 bits per heavy atom. The third-order valence-corrected chi connectivity index (χ3v) is 2.12. The van der Waals surface area contributed by atoms with Gasteiger partial charge in [-0.25, -0.2) is 0 Å².